The minimum absolute atomic E-state index is 0.00917. The highest BCUT2D eigenvalue weighted by Crippen LogP contribution is 2.27. The number of benzene rings is 1. The zero-order valence-corrected chi connectivity index (χ0v) is 13.7. The Balaban J connectivity index is 3.06. The van der Waals surface area contributed by atoms with Gasteiger partial charge in [-0.15, -0.1) is 0 Å². The molecule has 118 valence electrons. The van der Waals surface area contributed by atoms with Gasteiger partial charge in [-0.1, -0.05) is 11.6 Å². The molecule has 21 heavy (non-hydrogen) atoms. The number of nitrogens with two attached hydrogens (primary N) is 1. The number of halogens is 1. The summed E-state index contributed by atoms with van der Waals surface area (Å²) in [5, 5.41) is 5.35. The maximum atomic E-state index is 12.1. The Kier molecular flexibility index (Phi) is 6.00. The summed E-state index contributed by atoms with van der Waals surface area (Å²) in [7, 11) is -3.99. The van der Waals surface area contributed by atoms with E-state index >= 15 is 0 Å². The van der Waals surface area contributed by atoms with Crippen molar-refractivity contribution in [2.45, 2.75) is 31.8 Å². The number of nitrogens with zero attached hydrogens (tertiary/aromatic N) is 1. The first-order chi connectivity index (χ1) is 9.70. The van der Waals surface area contributed by atoms with E-state index in [-0.39, 0.29) is 21.6 Å². The lowest BCUT2D eigenvalue weighted by molar-refractivity contribution is -0.137. The molecule has 1 amide bonds. The fourth-order valence-corrected chi connectivity index (χ4v) is 2.76. The number of carbonyl (C=O) groups excluding carboxylic acids is 1. The van der Waals surface area contributed by atoms with Gasteiger partial charge in [-0.3, -0.25) is 4.79 Å². The van der Waals surface area contributed by atoms with Gasteiger partial charge in [0, 0.05) is 18.1 Å². The van der Waals surface area contributed by atoms with Crippen molar-refractivity contribution in [1.29, 1.82) is 0 Å². The van der Waals surface area contributed by atoms with Gasteiger partial charge < -0.3 is 9.64 Å². The monoisotopic (exact) mass is 334 g/mol. The first-order valence-electron chi connectivity index (χ1n) is 6.48. The van der Waals surface area contributed by atoms with Gasteiger partial charge in [0.05, 0.1) is 0 Å². The molecule has 1 unspecified atom stereocenters. The normalized spacial score (nSPS) is 12.8. The predicted molar refractivity (Wildman–Crippen MR) is 80.8 cm³/mol. The Hall–Kier alpha value is -1.31. The van der Waals surface area contributed by atoms with E-state index in [2.05, 4.69) is 0 Å². The van der Waals surface area contributed by atoms with Crippen molar-refractivity contribution in [3.63, 3.8) is 0 Å². The number of sulfonamides is 1. The summed E-state index contributed by atoms with van der Waals surface area (Å²) >= 11 is 5.77. The second-order valence-corrected chi connectivity index (χ2v) is 6.37. The minimum Gasteiger partial charge on any atom is -0.479 e. The highest BCUT2D eigenvalue weighted by Gasteiger charge is 2.23. The molecule has 1 atom stereocenters. The maximum absolute atomic E-state index is 12.1. The van der Waals surface area contributed by atoms with Crippen LogP contribution in [0.3, 0.4) is 0 Å². The fourth-order valence-electron chi connectivity index (χ4n) is 1.83. The van der Waals surface area contributed by atoms with Crippen LogP contribution in [0.1, 0.15) is 20.8 Å². The zero-order chi connectivity index (χ0) is 16.2. The molecule has 1 rings (SSSR count). The Morgan fingerprint density at radius 2 is 1.95 bits per heavy atom. The van der Waals surface area contributed by atoms with Gasteiger partial charge in [-0.05, 0) is 39.0 Å². The molecule has 1 aromatic rings. The average Bonchev–Trinajstić information content (AvgIpc) is 2.40. The second kappa shape index (κ2) is 7.11. The molecule has 0 aromatic heterocycles. The zero-order valence-electron chi connectivity index (χ0n) is 12.2. The fraction of sp³-hybridized carbons (Fsp3) is 0.462. The third-order valence-electron chi connectivity index (χ3n) is 2.94. The highest BCUT2D eigenvalue weighted by molar-refractivity contribution is 7.89. The van der Waals surface area contributed by atoms with Crippen LogP contribution in [0, 0.1) is 0 Å². The SMILES string of the molecule is CCN(CC)C(=O)C(C)Oc1ccc(Cl)cc1S(N)(=O)=O. The van der Waals surface area contributed by atoms with E-state index in [4.69, 9.17) is 21.5 Å². The second-order valence-electron chi connectivity index (χ2n) is 4.41. The minimum atomic E-state index is -3.99. The molecule has 0 saturated heterocycles. The summed E-state index contributed by atoms with van der Waals surface area (Å²) in [5.41, 5.74) is 0. The molecule has 0 aliphatic heterocycles. The van der Waals surface area contributed by atoms with Crippen LogP contribution >= 0.6 is 11.6 Å². The molecular weight excluding hydrogens is 316 g/mol. The molecule has 0 aliphatic rings. The Labute approximate surface area is 129 Å². The Morgan fingerprint density at radius 3 is 2.43 bits per heavy atom. The number of ether oxygens (including phenoxy) is 1. The van der Waals surface area contributed by atoms with Crippen molar-refractivity contribution in [1.82, 2.24) is 4.90 Å². The smallest absolute Gasteiger partial charge is 0.263 e. The molecule has 0 bridgehead atoms. The number of rotatable bonds is 6. The summed E-state index contributed by atoms with van der Waals surface area (Å²) in [6.45, 7) is 6.36. The molecular formula is C13H19ClN2O4S. The summed E-state index contributed by atoms with van der Waals surface area (Å²) < 4.78 is 28.6. The Morgan fingerprint density at radius 1 is 1.38 bits per heavy atom. The van der Waals surface area contributed by atoms with E-state index < -0.39 is 16.1 Å². The molecule has 0 heterocycles. The van der Waals surface area contributed by atoms with Gasteiger partial charge in [0.1, 0.15) is 10.6 Å². The van der Waals surface area contributed by atoms with E-state index in [0.717, 1.165) is 0 Å². The average molecular weight is 335 g/mol. The lowest BCUT2D eigenvalue weighted by Gasteiger charge is -2.24. The van der Waals surface area contributed by atoms with E-state index in [1.807, 2.05) is 13.8 Å². The van der Waals surface area contributed by atoms with Gasteiger partial charge in [0.15, 0.2) is 6.10 Å². The molecule has 2 N–H and O–H groups in total. The van der Waals surface area contributed by atoms with Crippen molar-refractivity contribution >= 4 is 27.5 Å². The predicted octanol–water partition coefficient (Wildman–Crippen LogP) is 1.62. The van der Waals surface area contributed by atoms with Crippen LogP contribution in [0.5, 0.6) is 5.75 Å². The summed E-state index contributed by atoms with van der Waals surface area (Å²) in [6, 6.07) is 4.05. The topological polar surface area (TPSA) is 89.7 Å². The third kappa shape index (κ3) is 4.59. The van der Waals surface area contributed by atoms with E-state index in [9.17, 15) is 13.2 Å². The largest absolute Gasteiger partial charge is 0.479 e. The van der Waals surface area contributed by atoms with Crippen LogP contribution in [-0.4, -0.2) is 38.4 Å². The van der Waals surface area contributed by atoms with Gasteiger partial charge in [0.2, 0.25) is 10.0 Å². The van der Waals surface area contributed by atoms with Crippen LogP contribution < -0.4 is 9.88 Å². The van der Waals surface area contributed by atoms with E-state index in [0.29, 0.717) is 13.1 Å². The molecule has 1 aromatic carbocycles. The van der Waals surface area contributed by atoms with Crippen molar-refractivity contribution in [2.75, 3.05) is 13.1 Å². The van der Waals surface area contributed by atoms with E-state index in [1.54, 1.807) is 11.8 Å². The molecule has 0 fully saturated rings. The first-order valence-corrected chi connectivity index (χ1v) is 8.40. The summed E-state index contributed by atoms with van der Waals surface area (Å²) in [5.74, 6) is -0.217. The number of amides is 1. The standard InChI is InChI=1S/C13H19ClN2O4S/c1-4-16(5-2)13(17)9(3)20-11-7-6-10(14)8-12(11)21(15,18)19/h6-9H,4-5H2,1-3H3,(H2,15,18,19). The van der Waals surface area contributed by atoms with Crippen molar-refractivity contribution < 1.29 is 17.9 Å². The van der Waals surface area contributed by atoms with Crippen molar-refractivity contribution in [2.24, 2.45) is 5.14 Å². The van der Waals surface area contributed by atoms with Gasteiger partial charge >= 0.3 is 0 Å². The lowest BCUT2D eigenvalue weighted by Crippen LogP contribution is -2.40. The van der Waals surface area contributed by atoms with Crippen LogP contribution in [0.15, 0.2) is 23.1 Å². The van der Waals surface area contributed by atoms with E-state index in [1.165, 1.54) is 18.2 Å². The van der Waals surface area contributed by atoms with Gasteiger partial charge in [-0.2, -0.15) is 0 Å². The van der Waals surface area contributed by atoms with Crippen molar-refractivity contribution in [3.05, 3.63) is 23.2 Å². The van der Waals surface area contributed by atoms with Crippen LogP contribution in [0.25, 0.3) is 0 Å². The molecule has 0 saturated carbocycles. The number of primary sulfonamides is 1. The number of likely N-dealkylation sites (N-methyl/N-ethyl adjacent to an activating group) is 1. The summed E-state index contributed by atoms with van der Waals surface area (Å²) in [6.07, 6.45) is -0.827. The van der Waals surface area contributed by atoms with Crippen LogP contribution in [0.4, 0.5) is 0 Å². The molecule has 0 radical (unpaired) electrons. The van der Waals surface area contributed by atoms with Crippen molar-refractivity contribution in [3.8, 4) is 5.75 Å². The highest BCUT2D eigenvalue weighted by atomic mass is 35.5. The molecule has 8 heteroatoms. The third-order valence-corrected chi connectivity index (χ3v) is 4.11. The number of carbonyl (C=O) groups is 1. The van der Waals surface area contributed by atoms with Gasteiger partial charge in [-0.25, -0.2) is 13.6 Å². The number of hydrogen-bond donors (Lipinski definition) is 1. The lowest BCUT2D eigenvalue weighted by atomic mass is 10.3. The number of hydrogen-bond acceptors (Lipinski definition) is 4. The van der Waals surface area contributed by atoms with Crippen LogP contribution in [0.2, 0.25) is 5.02 Å². The molecule has 6 nitrogen and oxygen atoms in total. The Bertz CT molecular complexity index is 615. The van der Waals surface area contributed by atoms with Crippen LogP contribution in [-0.2, 0) is 14.8 Å². The van der Waals surface area contributed by atoms with Gasteiger partial charge in [0.25, 0.3) is 5.91 Å². The quantitative estimate of drug-likeness (QED) is 0.856. The first kappa shape index (κ1) is 17.7. The molecule has 0 aliphatic carbocycles. The summed E-state index contributed by atoms with van der Waals surface area (Å²) in [4.78, 5) is 13.5. The maximum Gasteiger partial charge on any atom is 0.263 e. The molecule has 0 spiro atoms.